The predicted molar refractivity (Wildman–Crippen MR) is 61.6 cm³/mol. The van der Waals surface area contributed by atoms with Gasteiger partial charge < -0.3 is 5.32 Å². The Bertz CT molecular complexity index is 568. The molecule has 0 saturated carbocycles. The van der Waals surface area contributed by atoms with Gasteiger partial charge >= 0.3 is 0 Å². The summed E-state index contributed by atoms with van der Waals surface area (Å²) in [6.07, 6.45) is 3.48. The van der Waals surface area contributed by atoms with Gasteiger partial charge in [-0.05, 0) is 23.8 Å². The molecule has 5 heteroatoms. The standard InChI is InChI=1S/C12H11FN4/c1-17-8-12(7-16-17)15-6-10-4-11(13)3-2-9(10)5-14/h2-4,7-8,15H,6H2,1H3. The number of benzene rings is 1. The minimum Gasteiger partial charge on any atom is -0.378 e. The first-order valence-electron chi connectivity index (χ1n) is 5.10. The normalized spacial score (nSPS) is 9.94. The Morgan fingerprint density at radius 3 is 3.00 bits per heavy atom. The molecule has 4 nitrogen and oxygen atoms in total. The second-order valence-corrected chi connectivity index (χ2v) is 3.67. The molecule has 0 bridgehead atoms. The fourth-order valence-electron chi connectivity index (χ4n) is 1.53. The molecule has 86 valence electrons. The van der Waals surface area contributed by atoms with Crippen molar-refractivity contribution in [1.29, 1.82) is 5.26 Å². The molecule has 1 aromatic heterocycles. The molecule has 1 heterocycles. The van der Waals surface area contributed by atoms with Crippen molar-refractivity contribution in [2.75, 3.05) is 5.32 Å². The number of aryl methyl sites for hydroxylation is 1. The number of nitriles is 1. The zero-order valence-corrected chi connectivity index (χ0v) is 9.31. The maximum absolute atomic E-state index is 13.1. The molecule has 0 unspecified atom stereocenters. The van der Waals surface area contributed by atoms with Crippen molar-refractivity contribution in [2.45, 2.75) is 6.54 Å². The third kappa shape index (κ3) is 2.61. The number of hydrogen-bond donors (Lipinski definition) is 1. The molecule has 0 radical (unpaired) electrons. The second-order valence-electron chi connectivity index (χ2n) is 3.67. The third-order valence-electron chi connectivity index (χ3n) is 2.38. The maximum Gasteiger partial charge on any atom is 0.123 e. The summed E-state index contributed by atoms with van der Waals surface area (Å²) in [4.78, 5) is 0. The van der Waals surface area contributed by atoms with Gasteiger partial charge in [-0.2, -0.15) is 10.4 Å². The molecule has 0 aliphatic rings. The lowest BCUT2D eigenvalue weighted by Gasteiger charge is -2.05. The van der Waals surface area contributed by atoms with Crippen LogP contribution in [0, 0.1) is 17.1 Å². The quantitative estimate of drug-likeness (QED) is 0.877. The van der Waals surface area contributed by atoms with Crippen LogP contribution in [0.4, 0.5) is 10.1 Å². The molecular formula is C12H11FN4. The van der Waals surface area contributed by atoms with E-state index in [1.807, 2.05) is 19.3 Å². The number of nitrogens with one attached hydrogen (secondary N) is 1. The van der Waals surface area contributed by atoms with Crippen molar-refractivity contribution >= 4 is 5.69 Å². The van der Waals surface area contributed by atoms with E-state index in [-0.39, 0.29) is 5.82 Å². The van der Waals surface area contributed by atoms with Crippen LogP contribution in [-0.4, -0.2) is 9.78 Å². The SMILES string of the molecule is Cn1cc(NCc2cc(F)ccc2C#N)cn1. The summed E-state index contributed by atoms with van der Waals surface area (Å²) in [5, 5.41) is 16.0. The lowest BCUT2D eigenvalue weighted by molar-refractivity contribution is 0.625. The van der Waals surface area contributed by atoms with Crippen LogP contribution in [0.15, 0.2) is 30.6 Å². The molecule has 0 aliphatic heterocycles. The van der Waals surface area contributed by atoms with Crippen LogP contribution in [0.3, 0.4) is 0 Å². The second kappa shape index (κ2) is 4.66. The molecule has 17 heavy (non-hydrogen) atoms. The Labute approximate surface area is 98.3 Å². The number of rotatable bonds is 3. The van der Waals surface area contributed by atoms with Gasteiger partial charge in [-0.25, -0.2) is 4.39 Å². The smallest absolute Gasteiger partial charge is 0.123 e. The molecule has 0 saturated heterocycles. The number of nitrogens with zero attached hydrogens (tertiary/aromatic N) is 3. The van der Waals surface area contributed by atoms with Gasteiger partial charge in [0.1, 0.15) is 5.82 Å². The molecule has 0 spiro atoms. The molecule has 0 fully saturated rings. The van der Waals surface area contributed by atoms with Gasteiger partial charge in [0.15, 0.2) is 0 Å². The van der Waals surface area contributed by atoms with E-state index < -0.39 is 0 Å². The van der Waals surface area contributed by atoms with Gasteiger partial charge in [0.2, 0.25) is 0 Å². The molecule has 0 aliphatic carbocycles. The summed E-state index contributed by atoms with van der Waals surface area (Å²) in [5.74, 6) is -0.341. The Balaban J connectivity index is 2.13. The Morgan fingerprint density at radius 1 is 1.53 bits per heavy atom. The number of anilines is 1. The highest BCUT2D eigenvalue weighted by atomic mass is 19.1. The van der Waals surface area contributed by atoms with E-state index in [2.05, 4.69) is 10.4 Å². The van der Waals surface area contributed by atoms with Crippen molar-refractivity contribution in [3.8, 4) is 6.07 Å². The van der Waals surface area contributed by atoms with E-state index >= 15 is 0 Å². The summed E-state index contributed by atoms with van der Waals surface area (Å²) in [5.41, 5.74) is 1.94. The Kier molecular flexibility index (Phi) is 3.06. The van der Waals surface area contributed by atoms with Crippen molar-refractivity contribution in [3.05, 3.63) is 47.5 Å². The van der Waals surface area contributed by atoms with Gasteiger partial charge in [-0.1, -0.05) is 0 Å². The summed E-state index contributed by atoms with van der Waals surface area (Å²) < 4.78 is 14.7. The number of halogens is 1. The largest absolute Gasteiger partial charge is 0.378 e. The van der Waals surface area contributed by atoms with E-state index in [0.717, 1.165) is 5.69 Å². The van der Waals surface area contributed by atoms with Crippen molar-refractivity contribution < 1.29 is 4.39 Å². The van der Waals surface area contributed by atoms with Crippen LogP contribution in [0.2, 0.25) is 0 Å². The topological polar surface area (TPSA) is 53.6 Å². The van der Waals surface area contributed by atoms with Crippen LogP contribution in [0.1, 0.15) is 11.1 Å². The van der Waals surface area contributed by atoms with Crippen LogP contribution in [-0.2, 0) is 13.6 Å². The molecule has 0 atom stereocenters. The first-order chi connectivity index (χ1) is 8.19. The third-order valence-corrected chi connectivity index (χ3v) is 2.38. The number of aromatic nitrogens is 2. The zero-order chi connectivity index (χ0) is 12.3. The first kappa shape index (κ1) is 11.1. The van der Waals surface area contributed by atoms with E-state index in [1.54, 1.807) is 10.9 Å². The van der Waals surface area contributed by atoms with Gasteiger partial charge in [-0.15, -0.1) is 0 Å². The van der Waals surface area contributed by atoms with E-state index in [9.17, 15) is 4.39 Å². The van der Waals surface area contributed by atoms with Gasteiger partial charge in [-0.3, -0.25) is 4.68 Å². The zero-order valence-electron chi connectivity index (χ0n) is 9.31. The molecule has 1 aromatic carbocycles. The fraction of sp³-hybridized carbons (Fsp3) is 0.167. The molecule has 1 N–H and O–H groups in total. The summed E-state index contributed by atoms with van der Waals surface area (Å²) in [7, 11) is 1.81. The summed E-state index contributed by atoms with van der Waals surface area (Å²) in [6, 6.07) is 6.17. The highest BCUT2D eigenvalue weighted by Crippen LogP contribution is 2.13. The van der Waals surface area contributed by atoms with E-state index in [1.165, 1.54) is 18.2 Å². The van der Waals surface area contributed by atoms with E-state index in [0.29, 0.717) is 17.7 Å². The molecule has 2 rings (SSSR count). The average Bonchev–Trinajstić information content (AvgIpc) is 2.73. The maximum atomic E-state index is 13.1. The van der Waals surface area contributed by atoms with Crippen molar-refractivity contribution in [2.24, 2.45) is 7.05 Å². The first-order valence-corrected chi connectivity index (χ1v) is 5.10. The van der Waals surface area contributed by atoms with Crippen molar-refractivity contribution in [3.63, 3.8) is 0 Å². The molecule has 0 amide bonds. The minimum atomic E-state index is -0.341. The highest BCUT2D eigenvalue weighted by molar-refractivity contribution is 5.43. The lowest BCUT2D eigenvalue weighted by Crippen LogP contribution is -2.01. The predicted octanol–water partition coefficient (Wildman–Crippen LogP) is 2.04. The van der Waals surface area contributed by atoms with Crippen LogP contribution in [0.25, 0.3) is 0 Å². The van der Waals surface area contributed by atoms with Crippen molar-refractivity contribution in [1.82, 2.24) is 9.78 Å². The van der Waals surface area contributed by atoms with Crippen LogP contribution < -0.4 is 5.32 Å². The highest BCUT2D eigenvalue weighted by Gasteiger charge is 2.04. The summed E-state index contributed by atoms with van der Waals surface area (Å²) in [6.45, 7) is 0.395. The minimum absolute atomic E-state index is 0.341. The Morgan fingerprint density at radius 2 is 2.35 bits per heavy atom. The van der Waals surface area contributed by atoms with E-state index in [4.69, 9.17) is 5.26 Å². The fourth-order valence-corrected chi connectivity index (χ4v) is 1.53. The number of hydrogen-bond acceptors (Lipinski definition) is 3. The lowest BCUT2D eigenvalue weighted by atomic mass is 10.1. The van der Waals surface area contributed by atoms with Crippen LogP contribution in [0.5, 0.6) is 0 Å². The average molecular weight is 230 g/mol. The van der Waals surface area contributed by atoms with Gasteiger partial charge in [0, 0.05) is 19.8 Å². The van der Waals surface area contributed by atoms with Gasteiger partial charge in [0.25, 0.3) is 0 Å². The van der Waals surface area contributed by atoms with Crippen LogP contribution >= 0.6 is 0 Å². The molecular weight excluding hydrogens is 219 g/mol. The Hall–Kier alpha value is -2.35. The van der Waals surface area contributed by atoms with Gasteiger partial charge in [0.05, 0.1) is 23.5 Å². The summed E-state index contributed by atoms with van der Waals surface area (Å²) >= 11 is 0. The molecule has 2 aromatic rings. The monoisotopic (exact) mass is 230 g/mol.